The van der Waals surface area contributed by atoms with E-state index in [4.69, 9.17) is 4.74 Å². The number of carbonyl (C=O) groups excluding carboxylic acids is 1. The Bertz CT molecular complexity index is 406. The monoisotopic (exact) mass is 275 g/mol. The Balaban J connectivity index is 2.64. The molecule has 1 unspecified atom stereocenters. The van der Waals surface area contributed by atoms with Gasteiger partial charge in [-0.25, -0.2) is 0 Å². The molecule has 19 heavy (non-hydrogen) atoms. The van der Waals surface area contributed by atoms with Gasteiger partial charge in [-0.3, -0.25) is 4.79 Å². The number of ether oxygens (including phenoxy) is 1. The molecular formula is C13H16F3NO2. The first-order valence-electron chi connectivity index (χ1n) is 5.90. The molecule has 1 aromatic rings. The number of alkyl halides is 3. The van der Waals surface area contributed by atoms with Crippen LogP contribution in [0.2, 0.25) is 0 Å². The number of nitrogens with zero attached hydrogens (tertiary/aromatic N) is 1. The number of hydrogen-bond acceptors (Lipinski definition) is 2. The molecule has 1 aromatic carbocycles. The van der Waals surface area contributed by atoms with Gasteiger partial charge in [-0.1, -0.05) is 18.2 Å². The molecule has 0 saturated heterocycles. The molecule has 3 nitrogen and oxygen atoms in total. The van der Waals surface area contributed by atoms with Gasteiger partial charge in [0.25, 0.3) is 5.91 Å². The molecule has 0 fully saturated rings. The number of amides is 1. The lowest BCUT2D eigenvalue weighted by molar-refractivity contribution is -0.164. The van der Waals surface area contributed by atoms with Gasteiger partial charge in [0, 0.05) is 6.54 Å². The molecule has 0 bridgehead atoms. The van der Waals surface area contributed by atoms with E-state index in [2.05, 4.69) is 0 Å². The summed E-state index contributed by atoms with van der Waals surface area (Å²) in [4.78, 5) is 12.6. The molecule has 1 atom stereocenters. The first-order valence-corrected chi connectivity index (χ1v) is 5.90. The second-order valence-corrected chi connectivity index (χ2v) is 4.04. The molecule has 0 heterocycles. The van der Waals surface area contributed by atoms with Gasteiger partial charge in [-0.2, -0.15) is 13.2 Å². The summed E-state index contributed by atoms with van der Waals surface area (Å²) in [5.74, 6) is -0.227. The van der Waals surface area contributed by atoms with E-state index in [1.165, 1.54) is 13.8 Å². The predicted octanol–water partition coefficient (Wildman–Crippen LogP) is 2.86. The second kappa shape index (κ2) is 6.45. The van der Waals surface area contributed by atoms with Crippen LogP contribution in [0.25, 0.3) is 0 Å². The van der Waals surface area contributed by atoms with Crippen molar-refractivity contribution >= 4 is 5.91 Å². The molecule has 0 aliphatic heterocycles. The number of para-hydroxylation sites is 1. The van der Waals surface area contributed by atoms with Gasteiger partial charge in [0.2, 0.25) is 0 Å². The van der Waals surface area contributed by atoms with Gasteiger partial charge in [0.1, 0.15) is 12.3 Å². The van der Waals surface area contributed by atoms with Gasteiger partial charge in [-0.05, 0) is 26.0 Å². The summed E-state index contributed by atoms with van der Waals surface area (Å²) in [5, 5.41) is 0. The van der Waals surface area contributed by atoms with Crippen molar-refractivity contribution in [2.45, 2.75) is 26.1 Å². The van der Waals surface area contributed by atoms with Crippen molar-refractivity contribution in [1.82, 2.24) is 4.90 Å². The van der Waals surface area contributed by atoms with Crippen molar-refractivity contribution in [3.8, 4) is 5.75 Å². The molecule has 0 aromatic heterocycles. The molecule has 0 aliphatic rings. The lowest BCUT2D eigenvalue weighted by atomic mass is 10.3. The Kier molecular flexibility index (Phi) is 5.20. The lowest BCUT2D eigenvalue weighted by Crippen LogP contribution is -2.44. The van der Waals surface area contributed by atoms with E-state index < -0.39 is 24.7 Å². The number of carbonyl (C=O) groups is 1. The van der Waals surface area contributed by atoms with Crippen molar-refractivity contribution in [1.29, 1.82) is 0 Å². The number of likely N-dealkylation sites (N-methyl/N-ethyl adjacent to an activating group) is 1. The molecule has 0 radical (unpaired) electrons. The van der Waals surface area contributed by atoms with Crippen molar-refractivity contribution in [2.75, 3.05) is 13.1 Å². The maximum Gasteiger partial charge on any atom is 0.406 e. The van der Waals surface area contributed by atoms with Gasteiger partial charge < -0.3 is 9.64 Å². The Morgan fingerprint density at radius 1 is 1.32 bits per heavy atom. The fraction of sp³-hybridized carbons (Fsp3) is 0.462. The minimum absolute atomic E-state index is 0.0131. The highest BCUT2D eigenvalue weighted by atomic mass is 19.4. The first-order chi connectivity index (χ1) is 8.83. The third kappa shape index (κ3) is 5.19. The zero-order valence-corrected chi connectivity index (χ0v) is 10.8. The summed E-state index contributed by atoms with van der Waals surface area (Å²) < 4.78 is 42.2. The summed E-state index contributed by atoms with van der Waals surface area (Å²) >= 11 is 0. The van der Waals surface area contributed by atoms with Gasteiger partial charge >= 0.3 is 6.18 Å². The van der Waals surface area contributed by atoms with Crippen LogP contribution in [0.15, 0.2) is 30.3 Å². The van der Waals surface area contributed by atoms with Gasteiger partial charge in [0.15, 0.2) is 6.10 Å². The van der Waals surface area contributed by atoms with Crippen LogP contribution in [-0.2, 0) is 4.79 Å². The highest BCUT2D eigenvalue weighted by Crippen LogP contribution is 2.18. The molecule has 0 N–H and O–H groups in total. The minimum atomic E-state index is -4.40. The fourth-order valence-electron chi connectivity index (χ4n) is 1.57. The quantitative estimate of drug-likeness (QED) is 0.827. The van der Waals surface area contributed by atoms with E-state index in [0.29, 0.717) is 5.75 Å². The maximum atomic E-state index is 12.3. The number of halogens is 3. The molecule has 0 aliphatic carbocycles. The van der Waals surface area contributed by atoms with Crippen molar-refractivity contribution < 1.29 is 22.7 Å². The van der Waals surface area contributed by atoms with E-state index in [0.717, 1.165) is 4.90 Å². The van der Waals surface area contributed by atoms with E-state index >= 15 is 0 Å². The normalized spacial score (nSPS) is 12.9. The van der Waals surface area contributed by atoms with Crippen molar-refractivity contribution in [3.63, 3.8) is 0 Å². The molecular weight excluding hydrogens is 259 g/mol. The number of benzene rings is 1. The van der Waals surface area contributed by atoms with Crippen molar-refractivity contribution in [3.05, 3.63) is 30.3 Å². The minimum Gasteiger partial charge on any atom is -0.481 e. The predicted molar refractivity (Wildman–Crippen MR) is 64.8 cm³/mol. The first kappa shape index (κ1) is 15.3. The average Bonchev–Trinajstić information content (AvgIpc) is 2.35. The topological polar surface area (TPSA) is 29.5 Å². The third-order valence-electron chi connectivity index (χ3n) is 2.47. The average molecular weight is 275 g/mol. The summed E-state index contributed by atoms with van der Waals surface area (Å²) in [6.07, 6.45) is -5.36. The van der Waals surface area contributed by atoms with Crippen LogP contribution in [0.3, 0.4) is 0 Å². The number of hydrogen-bond donors (Lipinski definition) is 0. The van der Waals surface area contributed by atoms with Crippen LogP contribution in [0.1, 0.15) is 13.8 Å². The van der Waals surface area contributed by atoms with Crippen LogP contribution in [-0.4, -0.2) is 36.2 Å². The van der Waals surface area contributed by atoms with Gasteiger partial charge in [0.05, 0.1) is 0 Å². The highest BCUT2D eigenvalue weighted by Gasteiger charge is 2.34. The fourth-order valence-corrected chi connectivity index (χ4v) is 1.57. The van der Waals surface area contributed by atoms with Crippen LogP contribution in [0, 0.1) is 0 Å². The van der Waals surface area contributed by atoms with E-state index in [-0.39, 0.29) is 6.54 Å². The largest absolute Gasteiger partial charge is 0.481 e. The zero-order valence-electron chi connectivity index (χ0n) is 10.8. The van der Waals surface area contributed by atoms with Crippen molar-refractivity contribution in [2.24, 2.45) is 0 Å². The second-order valence-electron chi connectivity index (χ2n) is 4.04. The third-order valence-corrected chi connectivity index (χ3v) is 2.47. The van der Waals surface area contributed by atoms with Crippen LogP contribution in [0.5, 0.6) is 5.75 Å². The smallest absolute Gasteiger partial charge is 0.406 e. The number of rotatable bonds is 5. The van der Waals surface area contributed by atoms with E-state index in [9.17, 15) is 18.0 Å². The van der Waals surface area contributed by atoms with E-state index in [1.807, 2.05) is 0 Å². The summed E-state index contributed by atoms with van der Waals surface area (Å²) in [6, 6.07) is 8.51. The van der Waals surface area contributed by atoms with E-state index in [1.54, 1.807) is 30.3 Å². The Morgan fingerprint density at radius 3 is 2.37 bits per heavy atom. The molecule has 0 saturated carbocycles. The Hall–Kier alpha value is -1.72. The molecule has 1 rings (SSSR count). The Morgan fingerprint density at radius 2 is 1.89 bits per heavy atom. The molecule has 6 heteroatoms. The summed E-state index contributed by atoms with van der Waals surface area (Å²) in [6.45, 7) is 1.67. The van der Waals surface area contributed by atoms with Crippen LogP contribution in [0.4, 0.5) is 13.2 Å². The molecule has 106 valence electrons. The summed E-state index contributed by atoms with van der Waals surface area (Å²) in [5.41, 5.74) is 0. The highest BCUT2D eigenvalue weighted by molar-refractivity contribution is 5.80. The van der Waals surface area contributed by atoms with Gasteiger partial charge in [-0.15, -0.1) is 0 Å². The maximum absolute atomic E-state index is 12.3. The Labute approximate surface area is 110 Å². The summed E-state index contributed by atoms with van der Waals surface area (Å²) in [7, 11) is 0. The standard InChI is InChI=1S/C13H16F3NO2/c1-3-17(9-13(14,15)16)12(18)10(2)19-11-7-5-4-6-8-11/h4-8,10H,3,9H2,1-2H3. The molecule has 1 amide bonds. The molecule has 0 spiro atoms. The zero-order chi connectivity index (χ0) is 14.5. The SMILES string of the molecule is CCN(CC(F)(F)F)C(=O)C(C)Oc1ccccc1. The van der Waals surface area contributed by atoms with Crippen LogP contribution >= 0.6 is 0 Å². The lowest BCUT2D eigenvalue weighted by Gasteiger charge is -2.25. The van der Waals surface area contributed by atoms with Crippen LogP contribution < -0.4 is 4.74 Å².